The summed E-state index contributed by atoms with van der Waals surface area (Å²) in [5, 5.41) is 15.1. The number of thiazole rings is 1. The summed E-state index contributed by atoms with van der Waals surface area (Å²) in [6, 6.07) is 14.0. The van der Waals surface area contributed by atoms with E-state index in [2.05, 4.69) is 10.1 Å². The molecule has 170 valence electrons. The van der Waals surface area contributed by atoms with E-state index >= 15 is 0 Å². The Bertz CT molecular complexity index is 1270. The van der Waals surface area contributed by atoms with Gasteiger partial charge in [0.25, 0.3) is 0 Å². The standard InChI is InChI=1S/C23H17F4N3O2S/c1-32-18-10-5-15(6-11-18)19-13-33-22(28-19)30-20(23(26,27)21(24)25)12-16(29-30)7-2-14-3-8-17(31)9-4-14/h2-13,21,31H,1H3. The molecule has 0 aliphatic rings. The highest BCUT2D eigenvalue weighted by Gasteiger charge is 2.46. The number of hydrogen-bond donors (Lipinski definition) is 1. The summed E-state index contributed by atoms with van der Waals surface area (Å²) in [5.41, 5.74) is 0.958. The van der Waals surface area contributed by atoms with Gasteiger partial charge in [-0.2, -0.15) is 13.9 Å². The molecule has 2 aromatic carbocycles. The quantitative estimate of drug-likeness (QED) is 0.322. The van der Waals surface area contributed by atoms with Gasteiger partial charge in [0.15, 0.2) is 0 Å². The summed E-state index contributed by atoms with van der Waals surface area (Å²) in [6.45, 7) is 0. The van der Waals surface area contributed by atoms with Crippen molar-refractivity contribution in [1.82, 2.24) is 14.8 Å². The van der Waals surface area contributed by atoms with E-state index in [-0.39, 0.29) is 16.6 Å². The number of phenols is 1. The zero-order valence-corrected chi connectivity index (χ0v) is 17.9. The number of aromatic nitrogens is 3. The molecule has 4 rings (SSSR count). The van der Waals surface area contributed by atoms with Crippen LogP contribution in [0.4, 0.5) is 17.6 Å². The Labute approximate surface area is 190 Å². The molecule has 0 unspecified atom stereocenters. The van der Waals surface area contributed by atoms with Crippen molar-refractivity contribution in [3.05, 3.63) is 76.9 Å². The third-order valence-corrected chi connectivity index (χ3v) is 5.56. The average Bonchev–Trinajstić information content (AvgIpc) is 3.46. The van der Waals surface area contributed by atoms with Crippen LogP contribution in [0.1, 0.15) is 17.0 Å². The van der Waals surface area contributed by atoms with Crippen molar-refractivity contribution in [2.75, 3.05) is 7.11 Å². The minimum atomic E-state index is -4.43. The predicted octanol–water partition coefficient (Wildman–Crippen LogP) is 6.24. The molecule has 0 aliphatic heterocycles. The predicted molar refractivity (Wildman–Crippen MR) is 118 cm³/mol. The Morgan fingerprint density at radius 1 is 1.06 bits per heavy atom. The molecule has 0 spiro atoms. The summed E-state index contributed by atoms with van der Waals surface area (Å²) < 4.78 is 60.9. The van der Waals surface area contributed by atoms with Crippen molar-refractivity contribution >= 4 is 23.5 Å². The van der Waals surface area contributed by atoms with Gasteiger partial charge in [0.2, 0.25) is 5.13 Å². The lowest BCUT2D eigenvalue weighted by Crippen LogP contribution is -2.26. The van der Waals surface area contributed by atoms with Gasteiger partial charge in [0, 0.05) is 10.9 Å². The number of phenolic OH excluding ortho intramolecular Hbond substituents is 1. The Hall–Kier alpha value is -3.66. The van der Waals surface area contributed by atoms with Crippen LogP contribution < -0.4 is 4.74 Å². The Kier molecular flexibility index (Phi) is 6.19. The maximum Gasteiger partial charge on any atom is 0.349 e. The summed E-state index contributed by atoms with van der Waals surface area (Å²) in [6.07, 6.45) is -0.921. The Morgan fingerprint density at radius 2 is 1.76 bits per heavy atom. The second-order valence-corrected chi connectivity index (χ2v) is 7.80. The highest BCUT2D eigenvalue weighted by molar-refractivity contribution is 7.12. The molecule has 0 bridgehead atoms. The minimum Gasteiger partial charge on any atom is -0.508 e. The second-order valence-electron chi connectivity index (χ2n) is 6.96. The van der Waals surface area contributed by atoms with Crippen molar-refractivity contribution in [3.63, 3.8) is 0 Å². The van der Waals surface area contributed by atoms with Gasteiger partial charge in [-0.05, 0) is 54.1 Å². The van der Waals surface area contributed by atoms with Crippen LogP contribution in [-0.2, 0) is 5.92 Å². The zero-order chi connectivity index (χ0) is 23.6. The van der Waals surface area contributed by atoms with Crippen LogP contribution in [0.15, 0.2) is 60.0 Å². The fourth-order valence-electron chi connectivity index (χ4n) is 3.00. The van der Waals surface area contributed by atoms with Gasteiger partial charge in [0.05, 0.1) is 18.5 Å². The molecule has 0 radical (unpaired) electrons. The molecule has 4 aromatic rings. The van der Waals surface area contributed by atoms with Crippen LogP contribution >= 0.6 is 11.3 Å². The van der Waals surface area contributed by atoms with E-state index in [1.54, 1.807) is 47.9 Å². The molecule has 0 saturated heterocycles. The molecule has 0 atom stereocenters. The van der Waals surface area contributed by atoms with Crippen molar-refractivity contribution < 1.29 is 27.4 Å². The normalized spacial score (nSPS) is 12.1. The van der Waals surface area contributed by atoms with Crippen molar-refractivity contribution in [2.45, 2.75) is 12.3 Å². The minimum absolute atomic E-state index is 0.0282. The van der Waals surface area contributed by atoms with Gasteiger partial charge < -0.3 is 9.84 Å². The second kappa shape index (κ2) is 9.07. The van der Waals surface area contributed by atoms with E-state index in [1.165, 1.54) is 25.3 Å². The fourth-order valence-corrected chi connectivity index (χ4v) is 3.79. The lowest BCUT2D eigenvalue weighted by molar-refractivity contribution is -0.139. The number of alkyl halides is 4. The van der Waals surface area contributed by atoms with Crippen LogP contribution in [0, 0.1) is 0 Å². The van der Waals surface area contributed by atoms with Crippen molar-refractivity contribution in [3.8, 4) is 27.9 Å². The van der Waals surface area contributed by atoms with E-state index in [1.807, 2.05) is 0 Å². The van der Waals surface area contributed by atoms with Gasteiger partial charge in [-0.3, -0.25) is 0 Å². The van der Waals surface area contributed by atoms with Gasteiger partial charge in [-0.1, -0.05) is 18.2 Å². The zero-order valence-electron chi connectivity index (χ0n) is 17.1. The van der Waals surface area contributed by atoms with Crippen LogP contribution in [0.2, 0.25) is 0 Å². The van der Waals surface area contributed by atoms with E-state index in [0.29, 0.717) is 22.6 Å². The van der Waals surface area contributed by atoms with Crippen LogP contribution in [-0.4, -0.2) is 33.4 Å². The van der Waals surface area contributed by atoms with Crippen LogP contribution in [0.5, 0.6) is 11.5 Å². The number of nitrogens with zero attached hydrogens (tertiary/aromatic N) is 3. The highest BCUT2D eigenvalue weighted by Crippen LogP contribution is 2.37. The smallest absolute Gasteiger partial charge is 0.349 e. The number of ether oxygens (including phenoxy) is 1. The largest absolute Gasteiger partial charge is 0.508 e. The Morgan fingerprint density at radius 3 is 2.39 bits per heavy atom. The SMILES string of the molecule is COc1ccc(-c2csc(-n3nc(C=Cc4ccc(O)cc4)cc3C(F)(F)C(F)F)n2)cc1. The monoisotopic (exact) mass is 475 g/mol. The summed E-state index contributed by atoms with van der Waals surface area (Å²) in [7, 11) is 1.53. The molecule has 33 heavy (non-hydrogen) atoms. The molecule has 10 heteroatoms. The summed E-state index contributed by atoms with van der Waals surface area (Å²) >= 11 is 1.01. The first-order chi connectivity index (χ1) is 15.8. The van der Waals surface area contributed by atoms with E-state index in [4.69, 9.17) is 4.74 Å². The number of benzene rings is 2. The highest BCUT2D eigenvalue weighted by atomic mass is 32.1. The van der Waals surface area contributed by atoms with E-state index in [0.717, 1.165) is 22.1 Å². The van der Waals surface area contributed by atoms with Crippen molar-refractivity contribution in [2.24, 2.45) is 0 Å². The summed E-state index contributed by atoms with van der Waals surface area (Å²) in [4.78, 5) is 4.33. The first-order valence-electron chi connectivity index (χ1n) is 9.62. The first kappa shape index (κ1) is 22.5. The first-order valence-corrected chi connectivity index (χ1v) is 10.5. The maximum absolute atomic E-state index is 14.4. The molecule has 5 nitrogen and oxygen atoms in total. The van der Waals surface area contributed by atoms with Crippen LogP contribution in [0.3, 0.4) is 0 Å². The van der Waals surface area contributed by atoms with Gasteiger partial charge in [-0.25, -0.2) is 18.4 Å². The van der Waals surface area contributed by atoms with E-state index < -0.39 is 18.0 Å². The molecule has 0 aliphatic carbocycles. The number of methoxy groups -OCH3 is 1. The molecule has 1 N–H and O–H groups in total. The maximum atomic E-state index is 14.4. The average molecular weight is 475 g/mol. The lowest BCUT2D eigenvalue weighted by atomic mass is 10.2. The summed E-state index contributed by atoms with van der Waals surface area (Å²) in [5.74, 6) is -3.71. The molecule has 0 saturated carbocycles. The Balaban J connectivity index is 1.72. The van der Waals surface area contributed by atoms with Gasteiger partial charge in [-0.15, -0.1) is 11.3 Å². The topological polar surface area (TPSA) is 60.2 Å². The van der Waals surface area contributed by atoms with Gasteiger partial charge >= 0.3 is 12.3 Å². The van der Waals surface area contributed by atoms with Gasteiger partial charge in [0.1, 0.15) is 17.2 Å². The molecular formula is C23H17F4N3O2S. The van der Waals surface area contributed by atoms with E-state index in [9.17, 15) is 22.7 Å². The number of aromatic hydroxyl groups is 1. The third kappa shape index (κ3) is 4.75. The van der Waals surface area contributed by atoms with Crippen molar-refractivity contribution in [1.29, 1.82) is 0 Å². The third-order valence-electron chi connectivity index (χ3n) is 4.74. The molecule has 0 amide bonds. The number of hydrogen-bond acceptors (Lipinski definition) is 5. The van der Waals surface area contributed by atoms with Crippen LogP contribution in [0.25, 0.3) is 28.5 Å². The lowest BCUT2D eigenvalue weighted by Gasteiger charge is -2.15. The number of halogens is 4. The molecule has 2 heterocycles. The molecule has 0 fully saturated rings. The number of rotatable bonds is 7. The fraction of sp³-hybridized carbons (Fsp3) is 0.130. The molecule has 2 aromatic heterocycles. The molecular weight excluding hydrogens is 458 g/mol.